The van der Waals surface area contributed by atoms with E-state index in [0.717, 1.165) is 5.69 Å². The number of nitrogens with zero attached hydrogens (tertiary/aromatic N) is 1. The van der Waals surface area contributed by atoms with Gasteiger partial charge in [0.05, 0.1) is 18.2 Å². The van der Waals surface area contributed by atoms with Crippen LogP contribution in [-0.2, 0) is 4.79 Å². The fourth-order valence-corrected chi connectivity index (χ4v) is 2.00. The third kappa shape index (κ3) is 4.35. The summed E-state index contributed by atoms with van der Waals surface area (Å²) < 4.78 is 0. The molecule has 2 aromatic carbocycles. The van der Waals surface area contributed by atoms with Crippen molar-refractivity contribution in [1.82, 2.24) is 0 Å². The van der Waals surface area contributed by atoms with Gasteiger partial charge < -0.3 is 10.6 Å². The van der Waals surface area contributed by atoms with Gasteiger partial charge in [-0.3, -0.25) is 4.79 Å². The van der Waals surface area contributed by atoms with Gasteiger partial charge in [-0.1, -0.05) is 26.0 Å². The lowest BCUT2D eigenvalue weighted by Crippen LogP contribution is -2.21. The smallest absolute Gasteiger partial charge is 0.243 e. The number of amides is 1. The molecular formula is C18H19N3O. The molecule has 0 unspecified atom stereocenters. The van der Waals surface area contributed by atoms with Crippen molar-refractivity contribution in [1.29, 1.82) is 5.26 Å². The minimum absolute atomic E-state index is 0.127. The van der Waals surface area contributed by atoms with Crippen LogP contribution in [0.15, 0.2) is 48.5 Å². The van der Waals surface area contributed by atoms with Crippen LogP contribution in [0.1, 0.15) is 30.9 Å². The van der Waals surface area contributed by atoms with Crippen LogP contribution in [0, 0.1) is 11.3 Å². The van der Waals surface area contributed by atoms with E-state index < -0.39 is 0 Å². The summed E-state index contributed by atoms with van der Waals surface area (Å²) in [5.41, 5.74) is 3.44. The van der Waals surface area contributed by atoms with Crippen molar-refractivity contribution in [2.75, 3.05) is 17.2 Å². The summed E-state index contributed by atoms with van der Waals surface area (Å²) in [6.07, 6.45) is 0. The summed E-state index contributed by atoms with van der Waals surface area (Å²) in [7, 11) is 0. The molecule has 2 aromatic rings. The van der Waals surface area contributed by atoms with E-state index in [1.807, 2.05) is 18.2 Å². The number of benzene rings is 2. The Morgan fingerprint density at radius 2 is 1.64 bits per heavy atom. The van der Waals surface area contributed by atoms with E-state index in [2.05, 4.69) is 36.6 Å². The fourth-order valence-electron chi connectivity index (χ4n) is 2.00. The minimum atomic E-state index is -0.127. The SMILES string of the molecule is CC(C)c1ccc(NCC(=O)Nc2ccc(C#N)cc2)cc1. The molecule has 0 saturated carbocycles. The second-order valence-corrected chi connectivity index (χ2v) is 5.37. The van der Waals surface area contributed by atoms with Gasteiger partial charge in [-0.15, -0.1) is 0 Å². The maximum Gasteiger partial charge on any atom is 0.243 e. The van der Waals surface area contributed by atoms with Gasteiger partial charge in [-0.25, -0.2) is 0 Å². The van der Waals surface area contributed by atoms with Gasteiger partial charge in [0.1, 0.15) is 0 Å². The Morgan fingerprint density at radius 1 is 1.05 bits per heavy atom. The van der Waals surface area contributed by atoms with Crippen LogP contribution in [0.3, 0.4) is 0 Å². The normalized spacial score (nSPS) is 10.1. The van der Waals surface area contributed by atoms with Crippen molar-refractivity contribution in [2.24, 2.45) is 0 Å². The van der Waals surface area contributed by atoms with Crippen LogP contribution in [0.4, 0.5) is 11.4 Å². The van der Waals surface area contributed by atoms with Gasteiger partial charge in [0, 0.05) is 11.4 Å². The number of nitrogens with one attached hydrogen (secondary N) is 2. The van der Waals surface area contributed by atoms with Crippen LogP contribution in [0.5, 0.6) is 0 Å². The Kier molecular flexibility index (Phi) is 5.16. The van der Waals surface area contributed by atoms with E-state index in [1.54, 1.807) is 24.3 Å². The van der Waals surface area contributed by atoms with Crippen LogP contribution < -0.4 is 10.6 Å². The number of hydrogen-bond donors (Lipinski definition) is 2. The molecule has 1 amide bonds. The quantitative estimate of drug-likeness (QED) is 0.882. The predicted octanol–water partition coefficient (Wildman–Crippen LogP) is 3.73. The third-order valence-corrected chi connectivity index (χ3v) is 3.33. The molecule has 2 N–H and O–H groups in total. The summed E-state index contributed by atoms with van der Waals surface area (Å²) >= 11 is 0. The monoisotopic (exact) mass is 293 g/mol. The van der Waals surface area contributed by atoms with Gasteiger partial charge in [0.25, 0.3) is 0 Å². The Morgan fingerprint density at radius 3 is 2.18 bits per heavy atom. The van der Waals surface area contributed by atoms with Crippen LogP contribution >= 0.6 is 0 Å². The van der Waals surface area contributed by atoms with Crippen LogP contribution in [-0.4, -0.2) is 12.5 Å². The number of rotatable bonds is 5. The molecule has 0 bridgehead atoms. The van der Waals surface area contributed by atoms with E-state index >= 15 is 0 Å². The molecule has 0 aliphatic carbocycles. The molecule has 0 atom stereocenters. The van der Waals surface area contributed by atoms with E-state index in [9.17, 15) is 4.79 Å². The van der Waals surface area contributed by atoms with Crippen molar-refractivity contribution in [2.45, 2.75) is 19.8 Å². The van der Waals surface area contributed by atoms with Crippen molar-refractivity contribution in [3.63, 3.8) is 0 Å². The van der Waals surface area contributed by atoms with E-state index in [0.29, 0.717) is 17.2 Å². The molecular weight excluding hydrogens is 274 g/mol. The van der Waals surface area contributed by atoms with E-state index in [4.69, 9.17) is 5.26 Å². The third-order valence-electron chi connectivity index (χ3n) is 3.33. The molecule has 4 heteroatoms. The van der Waals surface area contributed by atoms with Gasteiger partial charge in [-0.2, -0.15) is 5.26 Å². The molecule has 0 aliphatic rings. The maximum absolute atomic E-state index is 11.9. The van der Waals surface area contributed by atoms with Crippen LogP contribution in [0.25, 0.3) is 0 Å². The highest BCUT2D eigenvalue weighted by atomic mass is 16.1. The fraction of sp³-hybridized carbons (Fsp3) is 0.222. The number of anilines is 2. The Hall–Kier alpha value is -2.80. The summed E-state index contributed by atoms with van der Waals surface area (Å²) in [6, 6.07) is 16.9. The molecule has 4 nitrogen and oxygen atoms in total. The second-order valence-electron chi connectivity index (χ2n) is 5.37. The molecule has 112 valence electrons. The first-order valence-corrected chi connectivity index (χ1v) is 7.22. The van der Waals surface area contributed by atoms with Gasteiger partial charge in [-0.05, 0) is 47.9 Å². The molecule has 22 heavy (non-hydrogen) atoms. The minimum Gasteiger partial charge on any atom is -0.376 e. The number of carbonyl (C=O) groups excluding carboxylic acids is 1. The lowest BCUT2D eigenvalue weighted by Gasteiger charge is -2.10. The number of hydrogen-bond acceptors (Lipinski definition) is 3. The van der Waals surface area contributed by atoms with E-state index in [-0.39, 0.29) is 12.5 Å². The average Bonchev–Trinajstić information content (AvgIpc) is 2.54. The lowest BCUT2D eigenvalue weighted by molar-refractivity contribution is -0.114. The van der Waals surface area contributed by atoms with Crippen LogP contribution in [0.2, 0.25) is 0 Å². The molecule has 0 radical (unpaired) electrons. The maximum atomic E-state index is 11.9. The van der Waals surface area contributed by atoms with Gasteiger partial charge >= 0.3 is 0 Å². The lowest BCUT2D eigenvalue weighted by atomic mass is 10.0. The van der Waals surface area contributed by atoms with Gasteiger partial charge in [0.15, 0.2) is 0 Å². The van der Waals surface area contributed by atoms with Crippen molar-refractivity contribution < 1.29 is 4.79 Å². The molecule has 0 fully saturated rings. The average molecular weight is 293 g/mol. The number of carbonyl (C=O) groups is 1. The van der Waals surface area contributed by atoms with Crippen molar-refractivity contribution in [3.8, 4) is 6.07 Å². The van der Waals surface area contributed by atoms with E-state index in [1.165, 1.54) is 5.56 Å². The van der Waals surface area contributed by atoms with Gasteiger partial charge in [0.2, 0.25) is 5.91 Å². The zero-order valence-electron chi connectivity index (χ0n) is 12.8. The zero-order chi connectivity index (χ0) is 15.9. The van der Waals surface area contributed by atoms with Crippen molar-refractivity contribution in [3.05, 3.63) is 59.7 Å². The summed E-state index contributed by atoms with van der Waals surface area (Å²) in [4.78, 5) is 11.9. The summed E-state index contributed by atoms with van der Waals surface area (Å²) in [6.45, 7) is 4.49. The first-order valence-electron chi connectivity index (χ1n) is 7.22. The molecule has 0 aliphatic heterocycles. The Bertz CT molecular complexity index is 667. The number of nitriles is 1. The molecule has 0 heterocycles. The first-order chi connectivity index (χ1) is 10.6. The summed E-state index contributed by atoms with van der Waals surface area (Å²) in [5.74, 6) is 0.367. The second kappa shape index (κ2) is 7.28. The molecule has 0 saturated heterocycles. The molecule has 0 spiro atoms. The Balaban J connectivity index is 1.85. The highest BCUT2D eigenvalue weighted by molar-refractivity contribution is 5.93. The molecule has 2 rings (SSSR count). The Labute approximate surface area is 130 Å². The zero-order valence-corrected chi connectivity index (χ0v) is 12.8. The standard InChI is InChI=1S/C18H19N3O/c1-13(2)15-5-9-16(10-6-15)20-12-18(22)21-17-7-3-14(11-19)4-8-17/h3-10,13,20H,12H2,1-2H3,(H,21,22). The predicted molar refractivity (Wildman–Crippen MR) is 88.8 cm³/mol. The molecule has 0 aromatic heterocycles. The highest BCUT2D eigenvalue weighted by Crippen LogP contribution is 2.17. The highest BCUT2D eigenvalue weighted by Gasteiger charge is 2.03. The summed E-state index contributed by atoms with van der Waals surface area (Å²) in [5, 5.41) is 14.6. The largest absolute Gasteiger partial charge is 0.376 e. The van der Waals surface area contributed by atoms with Crippen molar-refractivity contribution >= 4 is 17.3 Å². The topological polar surface area (TPSA) is 64.9 Å². The first kappa shape index (κ1) is 15.6.